The fourth-order valence-corrected chi connectivity index (χ4v) is 3.06. The number of nitrogens with zero attached hydrogens (tertiary/aromatic N) is 1. The van der Waals surface area contributed by atoms with E-state index in [2.05, 4.69) is 75.4 Å². The lowest BCUT2D eigenvalue weighted by atomic mass is 9.93. The molecule has 120 valence electrons. The van der Waals surface area contributed by atoms with Crippen LogP contribution in [-0.2, 0) is 6.42 Å². The third-order valence-electron chi connectivity index (χ3n) is 4.64. The van der Waals surface area contributed by atoms with Crippen LogP contribution < -0.4 is 5.32 Å². The number of likely N-dealkylation sites (N-methyl/N-ethyl adjacent to an activating group) is 1. The third-order valence-corrected chi connectivity index (χ3v) is 4.64. The zero-order valence-corrected chi connectivity index (χ0v) is 14.6. The minimum absolute atomic E-state index is 0.571. The van der Waals surface area contributed by atoms with Gasteiger partial charge in [-0.3, -0.25) is 0 Å². The van der Waals surface area contributed by atoms with Gasteiger partial charge < -0.3 is 10.2 Å². The predicted octanol–water partition coefficient (Wildman–Crippen LogP) is 3.96. The Hall–Kier alpha value is -0.860. The molecule has 2 nitrogen and oxygen atoms in total. The standard InChI is InChI=1S/C19H34N2/c1-6-18(7-2)19(21(4)5)15-20-16(3)13-14-17-11-9-8-10-12-17/h8-12,16,18-20H,6-7,13-15H2,1-5H3. The van der Waals surface area contributed by atoms with Gasteiger partial charge in [0.2, 0.25) is 0 Å². The van der Waals surface area contributed by atoms with Crippen molar-refractivity contribution >= 4 is 0 Å². The first kappa shape index (κ1) is 18.2. The van der Waals surface area contributed by atoms with Gasteiger partial charge in [0.1, 0.15) is 0 Å². The molecule has 2 atom stereocenters. The second-order valence-electron chi connectivity index (χ2n) is 6.44. The minimum atomic E-state index is 0.571. The number of benzene rings is 1. The molecule has 0 radical (unpaired) electrons. The Kier molecular flexibility index (Phi) is 8.63. The molecular weight excluding hydrogens is 256 g/mol. The Balaban J connectivity index is 2.37. The molecule has 0 aliphatic carbocycles. The van der Waals surface area contributed by atoms with Crippen LogP contribution in [0.4, 0.5) is 0 Å². The number of hydrogen-bond acceptors (Lipinski definition) is 2. The molecule has 0 saturated heterocycles. The fourth-order valence-electron chi connectivity index (χ4n) is 3.06. The number of rotatable bonds is 10. The van der Waals surface area contributed by atoms with E-state index in [0.717, 1.165) is 18.9 Å². The molecule has 0 bridgehead atoms. The van der Waals surface area contributed by atoms with Gasteiger partial charge in [0.05, 0.1) is 0 Å². The van der Waals surface area contributed by atoms with Crippen molar-refractivity contribution < 1.29 is 0 Å². The largest absolute Gasteiger partial charge is 0.313 e. The van der Waals surface area contributed by atoms with Gasteiger partial charge in [0.25, 0.3) is 0 Å². The molecule has 0 heterocycles. The predicted molar refractivity (Wildman–Crippen MR) is 93.8 cm³/mol. The Bertz CT molecular complexity index is 357. The van der Waals surface area contributed by atoms with Gasteiger partial charge in [-0.15, -0.1) is 0 Å². The summed E-state index contributed by atoms with van der Waals surface area (Å²) in [4.78, 5) is 2.38. The van der Waals surface area contributed by atoms with Crippen LogP contribution in [0.1, 0.15) is 45.6 Å². The molecule has 1 rings (SSSR count). The maximum absolute atomic E-state index is 3.74. The van der Waals surface area contributed by atoms with E-state index in [1.54, 1.807) is 0 Å². The average Bonchev–Trinajstić information content (AvgIpc) is 2.50. The van der Waals surface area contributed by atoms with Gasteiger partial charge in [-0.25, -0.2) is 0 Å². The molecule has 2 unspecified atom stereocenters. The highest BCUT2D eigenvalue weighted by Gasteiger charge is 2.20. The first-order valence-electron chi connectivity index (χ1n) is 8.52. The lowest BCUT2D eigenvalue weighted by Crippen LogP contribution is -2.45. The first-order valence-corrected chi connectivity index (χ1v) is 8.52. The van der Waals surface area contributed by atoms with E-state index in [0.29, 0.717) is 12.1 Å². The molecule has 21 heavy (non-hydrogen) atoms. The lowest BCUT2D eigenvalue weighted by Gasteiger charge is -2.32. The van der Waals surface area contributed by atoms with Crippen LogP contribution in [0, 0.1) is 5.92 Å². The van der Waals surface area contributed by atoms with Crippen LogP contribution in [-0.4, -0.2) is 37.6 Å². The molecule has 0 aliphatic heterocycles. The van der Waals surface area contributed by atoms with Crippen molar-refractivity contribution in [2.75, 3.05) is 20.6 Å². The van der Waals surface area contributed by atoms with Crippen molar-refractivity contribution in [1.82, 2.24) is 10.2 Å². The van der Waals surface area contributed by atoms with Crippen LogP contribution in [0.3, 0.4) is 0 Å². The first-order chi connectivity index (χ1) is 10.1. The topological polar surface area (TPSA) is 15.3 Å². The number of aryl methyl sites for hydroxylation is 1. The van der Waals surface area contributed by atoms with Crippen molar-refractivity contribution in [3.8, 4) is 0 Å². The Morgan fingerprint density at radius 3 is 2.19 bits per heavy atom. The van der Waals surface area contributed by atoms with Gasteiger partial charge in [0, 0.05) is 18.6 Å². The molecule has 2 heteroatoms. The van der Waals surface area contributed by atoms with Crippen LogP contribution in [0.15, 0.2) is 30.3 Å². The summed E-state index contributed by atoms with van der Waals surface area (Å²) in [5.74, 6) is 0.786. The summed E-state index contributed by atoms with van der Waals surface area (Å²) >= 11 is 0. The Morgan fingerprint density at radius 1 is 1.05 bits per heavy atom. The Morgan fingerprint density at radius 2 is 1.67 bits per heavy atom. The van der Waals surface area contributed by atoms with Gasteiger partial charge in [0.15, 0.2) is 0 Å². The molecular formula is C19H34N2. The summed E-state index contributed by atoms with van der Waals surface area (Å²) in [6, 6.07) is 12.0. The van der Waals surface area contributed by atoms with E-state index in [1.807, 2.05) is 0 Å². The zero-order chi connectivity index (χ0) is 15.7. The van der Waals surface area contributed by atoms with E-state index in [4.69, 9.17) is 0 Å². The summed E-state index contributed by atoms with van der Waals surface area (Å²) in [6.07, 6.45) is 4.89. The second kappa shape index (κ2) is 9.97. The quantitative estimate of drug-likeness (QED) is 0.701. The van der Waals surface area contributed by atoms with Crippen LogP contribution in [0.25, 0.3) is 0 Å². The summed E-state index contributed by atoms with van der Waals surface area (Å²) < 4.78 is 0. The van der Waals surface area contributed by atoms with Gasteiger partial charge in [-0.2, -0.15) is 0 Å². The van der Waals surface area contributed by atoms with E-state index >= 15 is 0 Å². The van der Waals surface area contributed by atoms with Crippen LogP contribution >= 0.6 is 0 Å². The van der Waals surface area contributed by atoms with E-state index < -0.39 is 0 Å². The second-order valence-corrected chi connectivity index (χ2v) is 6.44. The molecule has 0 fully saturated rings. The maximum atomic E-state index is 3.74. The minimum Gasteiger partial charge on any atom is -0.313 e. The van der Waals surface area contributed by atoms with E-state index in [1.165, 1.54) is 24.8 Å². The monoisotopic (exact) mass is 290 g/mol. The van der Waals surface area contributed by atoms with E-state index in [9.17, 15) is 0 Å². The summed E-state index contributed by atoms with van der Waals surface area (Å²) in [7, 11) is 4.42. The number of nitrogens with one attached hydrogen (secondary N) is 1. The normalized spacial score (nSPS) is 14.6. The summed E-state index contributed by atoms with van der Waals surface area (Å²) in [5.41, 5.74) is 1.44. The van der Waals surface area contributed by atoms with E-state index in [-0.39, 0.29) is 0 Å². The van der Waals surface area contributed by atoms with Gasteiger partial charge in [-0.05, 0) is 45.3 Å². The highest BCUT2D eigenvalue weighted by Crippen LogP contribution is 2.16. The van der Waals surface area contributed by atoms with Crippen molar-refractivity contribution in [1.29, 1.82) is 0 Å². The molecule has 0 amide bonds. The molecule has 0 spiro atoms. The van der Waals surface area contributed by atoms with Crippen molar-refractivity contribution in [3.63, 3.8) is 0 Å². The van der Waals surface area contributed by atoms with Gasteiger partial charge >= 0.3 is 0 Å². The maximum Gasteiger partial charge on any atom is 0.0242 e. The highest BCUT2D eigenvalue weighted by molar-refractivity contribution is 5.14. The summed E-state index contributed by atoms with van der Waals surface area (Å²) in [5, 5.41) is 3.74. The smallest absolute Gasteiger partial charge is 0.0242 e. The van der Waals surface area contributed by atoms with Crippen LogP contribution in [0.2, 0.25) is 0 Å². The zero-order valence-electron chi connectivity index (χ0n) is 14.6. The fraction of sp³-hybridized carbons (Fsp3) is 0.684. The summed E-state index contributed by atoms with van der Waals surface area (Å²) in [6.45, 7) is 8.02. The molecule has 1 N–H and O–H groups in total. The molecule has 1 aromatic carbocycles. The highest BCUT2D eigenvalue weighted by atomic mass is 15.1. The number of hydrogen-bond donors (Lipinski definition) is 1. The SMILES string of the molecule is CCC(CC)C(CNC(C)CCc1ccccc1)N(C)C. The third kappa shape index (κ3) is 6.62. The van der Waals surface area contributed by atoms with Crippen molar-refractivity contribution in [2.45, 2.75) is 58.5 Å². The van der Waals surface area contributed by atoms with Crippen LogP contribution in [0.5, 0.6) is 0 Å². The van der Waals surface area contributed by atoms with Crippen molar-refractivity contribution in [3.05, 3.63) is 35.9 Å². The molecule has 0 saturated carbocycles. The Labute approximate surface area is 131 Å². The van der Waals surface area contributed by atoms with Gasteiger partial charge in [-0.1, -0.05) is 57.0 Å². The molecule has 0 aromatic heterocycles. The average molecular weight is 290 g/mol. The molecule has 0 aliphatic rings. The lowest BCUT2D eigenvalue weighted by molar-refractivity contribution is 0.189. The van der Waals surface area contributed by atoms with Crippen molar-refractivity contribution in [2.24, 2.45) is 5.92 Å². The molecule has 1 aromatic rings.